The topological polar surface area (TPSA) is 52.6 Å². The normalized spacial score (nSPS) is 15.4. The van der Waals surface area contributed by atoms with E-state index in [2.05, 4.69) is 34.3 Å². The van der Waals surface area contributed by atoms with Gasteiger partial charge in [-0.1, -0.05) is 72.3 Å². The van der Waals surface area contributed by atoms with Crippen LogP contribution in [0.5, 0.6) is 0 Å². The van der Waals surface area contributed by atoms with Crippen LogP contribution in [-0.2, 0) is 19.1 Å². The molecule has 0 N–H and O–H groups in total. The zero-order valence-electron chi connectivity index (χ0n) is 18.4. The second-order valence-electron chi connectivity index (χ2n) is 7.85. The lowest BCUT2D eigenvalue weighted by Crippen LogP contribution is -2.40. The molecule has 0 aromatic carbocycles. The Kier molecular flexibility index (Phi) is 14.0. The molecule has 0 saturated heterocycles. The number of allylic oxidation sites excluding steroid dienone is 1. The summed E-state index contributed by atoms with van der Waals surface area (Å²) in [5.41, 5.74) is -1.31. The number of hydrogen-bond acceptors (Lipinski definition) is 4. The number of ether oxygens (including phenoxy) is 2. The number of rotatable bonds is 16. The van der Waals surface area contributed by atoms with E-state index in [4.69, 9.17) is 9.47 Å². The molecule has 0 aromatic heterocycles. The van der Waals surface area contributed by atoms with Crippen LogP contribution in [0.2, 0.25) is 0 Å². The molecular weight excluding hydrogens is 340 g/mol. The second-order valence-corrected chi connectivity index (χ2v) is 7.85. The molecule has 0 spiro atoms. The molecule has 0 radical (unpaired) electrons. The number of unbranched alkanes of at least 4 members (excludes halogenated alkanes) is 2. The van der Waals surface area contributed by atoms with Gasteiger partial charge in [0.2, 0.25) is 0 Å². The van der Waals surface area contributed by atoms with Gasteiger partial charge in [0.15, 0.2) is 5.41 Å². The van der Waals surface area contributed by atoms with Crippen molar-refractivity contribution in [1.82, 2.24) is 0 Å². The predicted octanol–water partition coefficient (Wildman–Crippen LogP) is 6.09. The highest BCUT2D eigenvalue weighted by Crippen LogP contribution is 2.28. The minimum atomic E-state index is -1.31. The SMILES string of the molecule is C=CCC(C)(C(=O)OCC(CC)CCCC)C(=O)OCC(CC)CCCC. The van der Waals surface area contributed by atoms with Gasteiger partial charge in [0.05, 0.1) is 13.2 Å². The van der Waals surface area contributed by atoms with E-state index in [1.165, 1.54) is 0 Å². The average molecular weight is 383 g/mol. The Morgan fingerprint density at radius 2 is 1.30 bits per heavy atom. The molecule has 0 amide bonds. The lowest BCUT2D eigenvalue weighted by atomic mass is 9.86. The quantitative estimate of drug-likeness (QED) is 0.184. The van der Waals surface area contributed by atoms with Gasteiger partial charge in [0.25, 0.3) is 0 Å². The van der Waals surface area contributed by atoms with E-state index in [1.807, 2.05) is 0 Å². The first kappa shape index (κ1) is 25.7. The lowest BCUT2D eigenvalue weighted by Gasteiger charge is -2.26. The highest BCUT2D eigenvalue weighted by Gasteiger charge is 2.43. The summed E-state index contributed by atoms with van der Waals surface area (Å²) < 4.78 is 11.1. The summed E-state index contributed by atoms with van der Waals surface area (Å²) in [4.78, 5) is 25.4. The monoisotopic (exact) mass is 382 g/mol. The van der Waals surface area contributed by atoms with Crippen LogP contribution in [0.4, 0.5) is 0 Å². The van der Waals surface area contributed by atoms with Crippen molar-refractivity contribution in [3.63, 3.8) is 0 Å². The van der Waals surface area contributed by atoms with Crippen molar-refractivity contribution in [2.24, 2.45) is 17.3 Å². The molecule has 0 aliphatic rings. The Hall–Kier alpha value is -1.32. The summed E-state index contributed by atoms with van der Waals surface area (Å²) in [5.74, 6) is -0.305. The van der Waals surface area contributed by atoms with E-state index in [1.54, 1.807) is 13.0 Å². The largest absolute Gasteiger partial charge is 0.465 e. The Labute approximate surface area is 167 Å². The van der Waals surface area contributed by atoms with Crippen LogP contribution in [0.1, 0.15) is 92.4 Å². The zero-order valence-corrected chi connectivity index (χ0v) is 18.4. The molecule has 4 heteroatoms. The minimum Gasteiger partial charge on any atom is -0.465 e. The van der Waals surface area contributed by atoms with Crippen LogP contribution in [0.3, 0.4) is 0 Å². The third-order valence-electron chi connectivity index (χ3n) is 5.44. The Bertz CT molecular complexity index is 398. The van der Waals surface area contributed by atoms with Gasteiger partial charge in [0.1, 0.15) is 0 Å². The van der Waals surface area contributed by atoms with Crippen molar-refractivity contribution in [1.29, 1.82) is 0 Å². The van der Waals surface area contributed by atoms with Gasteiger partial charge in [0, 0.05) is 0 Å². The fourth-order valence-electron chi connectivity index (χ4n) is 3.04. The Morgan fingerprint density at radius 3 is 1.59 bits per heavy atom. The van der Waals surface area contributed by atoms with Crippen molar-refractivity contribution < 1.29 is 19.1 Å². The molecule has 0 aliphatic carbocycles. The molecule has 0 saturated carbocycles. The van der Waals surface area contributed by atoms with Crippen molar-refractivity contribution >= 4 is 11.9 Å². The standard InChI is InChI=1S/C23H42O4/c1-7-12-14-19(10-4)17-26-21(24)23(6,16-9-3)22(25)27-18-20(11-5)15-13-8-2/h9,19-20H,3,7-8,10-18H2,1-2,4-6H3. The van der Waals surface area contributed by atoms with Crippen LogP contribution in [0, 0.1) is 17.3 Å². The fourth-order valence-corrected chi connectivity index (χ4v) is 3.04. The van der Waals surface area contributed by atoms with E-state index in [9.17, 15) is 9.59 Å². The molecule has 0 rings (SSSR count). The van der Waals surface area contributed by atoms with Gasteiger partial charge in [-0.25, -0.2) is 0 Å². The van der Waals surface area contributed by atoms with Crippen molar-refractivity contribution in [3.05, 3.63) is 12.7 Å². The van der Waals surface area contributed by atoms with Gasteiger partial charge < -0.3 is 9.47 Å². The summed E-state index contributed by atoms with van der Waals surface area (Å²) in [7, 11) is 0. The highest BCUT2D eigenvalue weighted by atomic mass is 16.6. The molecule has 2 atom stereocenters. The maximum atomic E-state index is 12.7. The van der Waals surface area contributed by atoms with Crippen LogP contribution in [0.25, 0.3) is 0 Å². The maximum absolute atomic E-state index is 12.7. The second kappa shape index (κ2) is 14.7. The van der Waals surface area contributed by atoms with E-state index in [-0.39, 0.29) is 6.42 Å². The molecule has 4 nitrogen and oxygen atoms in total. The molecular formula is C23H42O4. The van der Waals surface area contributed by atoms with E-state index < -0.39 is 17.4 Å². The van der Waals surface area contributed by atoms with E-state index in [0.29, 0.717) is 25.0 Å². The third kappa shape index (κ3) is 9.44. The molecule has 0 bridgehead atoms. The minimum absolute atomic E-state index is 0.224. The number of hydrogen-bond donors (Lipinski definition) is 0. The summed E-state index contributed by atoms with van der Waals surface area (Å²) in [6, 6.07) is 0. The molecule has 0 heterocycles. The predicted molar refractivity (Wildman–Crippen MR) is 111 cm³/mol. The summed E-state index contributed by atoms with van der Waals surface area (Å²) in [5, 5.41) is 0. The van der Waals surface area contributed by atoms with Crippen LogP contribution >= 0.6 is 0 Å². The third-order valence-corrected chi connectivity index (χ3v) is 5.44. The van der Waals surface area contributed by atoms with E-state index in [0.717, 1.165) is 51.4 Å². The highest BCUT2D eigenvalue weighted by molar-refractivity contribution is 5.99. The molecule has 0 fully saturated rings. The van der Waals surface area contributed by atoms with Crippen molar-refractivity contribution in [2.45, 2.75) is 92.4 Å². The first-order chi connectivity index (χ1) is 12.9. The zero-order chi connectivity index (χ0) is 20.7. The smallest absolute Gasteiger partial charge is 0.323 e. The van der Waals surface area contributed by atoms with Crippen LogP contribution in [0.15, 0.2) is 12.7 Å². The first-order valence-electron chi connectivity index (χ1n) is 10.8. The number of carbonyl (C=O) groups is 2. The lowest BCUT2D eigenvalue weighted by molar-refractivity contribution is -0.172. The Balaban J connectivity index is 4.82. The number of esters is 2. The summed E-state index contributed by atoms with van der Waals surface area (Å²) >= 11 is 0. The molecule has 158 valence electrons. The van der Waals surface area contributed by atoms with Gasteiger partial charge in [-0.15, -0.1) is 6.58 Å². The molecule has 0 aromatic rings. The molecule has 2 unspecified atom stereocenters. The van der Waals surface area contributed by atoms with Crippen LogP contribution in [-0.4, -0.2) is 25.2 Å². The van der Waals surface area contributed by atoms with Crippen molar-refractivity contribution in [2.75, 3.05) is 13.2 Å². The summed E-state index contributed by atoms with van der Waals surface area (Å²) in [6.45, 7) is 14.6. The first-order valence-corrected chi connectivity index (χ1v) is 10.8. The maximum Gasteiger partial charge on any atom is 0.323 e. The van der Waals surface area contributed by atoms with Gasteiger partial charge in [-0.05, 0) is 38.0 Å². The number of carbonyl (C=O) groups excluding carboxylic acids is 2. The molecule has 27 heavy (non-hydrogen) atoms. The Morgan fingerprint density at radius 1 is 0.889 bits per heavy atom. The average Bonchev–Trinajstić information content (AvgIpc) is 2.67. The summed E-state index contributed by atoms with van der Waals surface area (Å²) in [6.07, 6.45) is 10.3. The van der Waals surface area contributed by atoms with Gasteiger partial charge in [-0.2, -0.15) is 0 Å². The van der Waals surface area contributed by atoms with Gasteiger partial charge >= 0.3 is 11.9 Å². The van der Waals surface area contributed by atoms with Gasteiger partial charge in [-0.3, -0.25) is 9.59 Å². The molecule has 0 aliphatic heterocycles. The van der Waals surface area contributed by atoms with E-state index >= 15 is 0 Å². The van der Waals surface area contributed by atoms with Crippen molar-refractivity contribution in [3.8, 4) is 0 Å². The fraction of sp³-hybridized carbons (Fsp3) is 0.826. The van der Waals surface area contributed by atoms with Crippen LogP contribution < -0.4 is 0 Å².